The summed E-state index contributed by atoms with van der Waals surface area (Å²) < 4.78 is 110. The smallest absolute Gasteiger partial charge is 0.147 e. The molecule has 4 heteroatoms. The van der Waals surface area contributed by atoms with E-state index in [1.165, 1.54) is 0 Å². The first-order chi connectivity index (χ1) is 12.2. The molecule has 0 aromatic carbocycles. The van der Waals surface area contributed by atoms with E-state index in [0.29, 0.717) is 0 Å². The van der Waals surface area contributed by atoms with E-state index >= 15 is 0 Å². The molecule has 1 aromatic rings. The second kappa shape index (κ2) is 3.82. The van der Waals surface area contributed by atoms with Gasteiger partial charge in [-0.2, -0.15) is 0 Å². The molecule has 1 aromatic heterocycles. The molecule has 2 rings (SSSR count). The molecule has 76 valence electrons. The summed E-state index contributed by atoms with van der Waals surface area (Å²) >= 11 is 0. The fourth-order valence-electron chi connectivity index (χ4n) is 0.815. The fourth-order valence-corrected chi connectivity index (χ4v) is 0.815. The van der Waals surface area contributed by atoms with E-state index in [1.54, 1.807) is 0 Å². The van der Waals surface area contributed by atoms with E-state index in [4.69, 9.17) is 24.9 Å². The van der Waals surface area contributed by atoms with Crippen LogP contribution in [0.3, 0.4) is 0 Å². The molecule has 1 fully saturated rings. The zero-order valence-electron chi connectivity index (χ0n) is 20.9. The van der Waals surface area contributed by atoms with Gasteiger partial charge in [0, 0.05) is 27.6 Å². The van der Waals surface area contributed by atoms with Crippen LogP contribution in [0.25, 0.3) is 0 Å². The number of nitrogens with zero attached hydrogens (tertiary/aromatic N) is 3. The monoisotopic (exact) mass is 206 g/mol. The Morgan fingerprint density at radius 2 is 2.64 bits per heavy atom. The quantitative estimate of drug-likeness (QED) is 0.755. The summed E-state index contributed by atoms with van der Waals surface area (Å²) in [6.07, 6.45) is -13.2. The molecule has 0 amide bonds. The summed E-state index contributed by atoms with van der Waals surface area (Å²) in [6, 6.07) is -3.79. The van der Waals surface area contributed by atoms with Gasteiger partial charge in [-0.1, -0.05) is 0 Å². The first-order valence-electron chi connectivity index (χ1n) is 10.6. The standard InChI is InChI=1S/C10H16N4/c1-8-4-2-3-5-14(8)10-7-12-9(11)6-13-10/h6-8H,2-5H2,1H3,(H2,11,12)/i1D3,2D2,3D2,4D2,5D2,6D,7D,8D. The van der Waals surface area contributed by atoms with Crippen LogP contribution < -0.4 is 10.6 Å². The number of nitrogen functional groups attached to an aromatic ring is 1. The first-order valence-corrected chi connectivity index (χ1v) is 3.60. The van der Waals surface area contributed by atoms with E-state index in [2.05, 4.69) is 9.97 Å². The Morgan fingerprint density at radius 1 is 1.71 bits per heavy atom. The second-order valence-electron chi connectivity index (χ2n) is 2.33. The molecule has 0 radical (unpaired) electrons. The van der Waals surface area contributed by atoms with E-state index in [0.717, 1.165) is 0 Å². The summed E-state index contributed by atoms with van der Waals surface area (Å²) in [7, 11) is 0. The van der Waals surface area contributed by atoms with Gasteiger partial charge in [0.1, 0.15) is 11.6 Å². The van der Waals surface area contributed by atoms with Crippen LogP contribution in [-0.2, 0) is 0 Å². The molecule has 4 nitrogen and oxygen atoms in total. The first kappa shape index (κ1) is 2.26. The molecular weight excluding hydrogens is 176 g/mol. The molecule has 1 aliphatic rings. The maximum Gasteiger partial charge on any atom is 0.147 e. The summed E-state index contributed by atoms with van der Waals surface area (Å²) in [5, 5.41) is 0. The predicted octanol–water partition coefficient (Wildman–Crippen LogP) is 1.44. The second-order valence-corrected chi connectivity index (χ2v) is 2.33. The minimum absolute atomic E-state index is 0.263. The lowest BCUT2D eigenvalue weighted by Crippen LogP contribution is -2.38. The van der Waals surface area contributed by atoms with Crippen molar-refractivity contribution in [2.45, 2.75) is 32.0 Å². The van der Waals surface area contributed by atoms with Crippen molar-refractivity contribution in [3.8, 4) is 0 Å². The van der Waals surface area contributed by atoms with E-state index < -0.39 is 62.5 Å². The van der Waals surface area contributed by atoms with Crippen molar-refractivity contribution < 1.29 is 19.2 Å². The van der Waals surface area contributed by atoms with Crippen molar-refractivity contribution in [2.24, 2.45) is 0 Å². The van der Waals surface area contributed by atoms with Crippen molar-refractivity contribution in [3.05, 3.63) is 12.3 Å². The average molecular weight is 206 g/mol. The lowest BCUT2D eigenvalue weighted by molar-refractivity contribution is 0.481. The highest BCUT2D eigenvalue weighted by Gasteiger charge is 2.19. The normalized spacial score (nSPS) is 57.6. The van der Waals surface area contributed by atoms with Crippen LogP contribution in [0.1, 0.15) is 45.2 Å². The molecule has 1 aliphatic heterocycles. The lowest BCUT2D eigenvalue weighted by Gasteiger charge is -2.34. The van der Waals surface area contributed by atoms with Crippen LogP contribution in [0.4, 0.5) is 11.6 Å². The Kier molecular flexibility index (Phi) is 0.616. The average Bonchev–Trinajstić information content (AvgIpc) is 2.49. The summed E-state index contributed by atoms with van der Waals surface area (Å²) in [4.78, 5) is 6.54. The van der Waals surface area contributed by atoms with Gasteiger partial charge in [0.2, 0.25) is 0 Å². The van der Waals surface area contributed by atoms with Crippen molar-refractivity contribution in [1.29, 1.82) is 0 Å². The number of rotatable bonds is 1. The highest BCUT2D eigenvalue weighted by Crippen LogP contribution is 2.21. The number of hydrogen-bond acceptors (Lipinski definition) is 4. The molecule has 0 bridgehead atoms. The van der Waals surface area contributed by atoms with Crippen molar-refractivity contribution in [1.82, 2.24) is 9.97 Å². The van der Waals surface area contributed by atoms with Crippen molar-refractivity contribution in [3.63, 3.8) is 0 Å². The molecule has 1 saturated heterocycles. The van der Waals surface area contributed by atoms with Crippen LogP contribution in [-0.4, -0.2) is 22.5 Å². The van der Waals surface area contributed by atoms with Crippen LogP contribution in [0.15, 0.2) is 12.3 Å². The Labute approximate surface area is 104 Å². The fraction of sp³-hybridized carbons (Fsp3) is 0.600. The molecule has 0 aliphatic carbocycles. The number of anilines is 2. The van der Waals surface area contributed by atoms with Gasteiger partial charge < -0.3 is 10.6 Å². The van der Waals surface area contributed by atoms with E-state index in [-0.39, 0.29) is 4.90 Å². The highest BCUT2D eigenvalue weighted by atomic mass is 15.2. The van der Waals surface area contributed by atoms with Crippen molar-refractivity contribution in [2.75, 3.05) is 17.1 Å². The highest BCUT2D eigenvalue weighted by molar-refractivity contribution is 5.40. The van der Waals surface area contributed by atoms with Crippen LogP contribution in [0, 0.1) is 0 Å². The number of piperidine rings is 1. The number of aromatic nitrogens is 2. The predicted molar refractivity (Wildman–Crippen MR) is 57.1 cm³/mol. The SMILES string of the molecule is [2H]c1nc(N2C([2H])([2H])C([2H])([2H])C([2H])([2H])C([2H])([2H])C2([2H])C([2H])([2H])[2H])c([2H])nc1N. The largest absolute Gasteiger partial charge is 0.382 e. The van der Waals surface area contributed by atoms with Gasteiger partial charge in [0.05, 0.1) is 16.5 Å². The third-order valence-corrected chi connectivity index (χ3v) is 1.40. The molecule has 0 spiro atoms. The van der Waals surface area contributed by atoms with Crippen LogP contribution >= 0.6 is 0 Å². The number of hydrogen-bond donors (Lipinski definition) is 1. The number of nitrogens with two attached hydrogens (primary N) is 1. The zero-order valence-corrected chi connectivity index (χ0v) is 6.92. The van der Waals surface area contributed by atoms with Gasteiger partial charge in [-0.15, -0.1) is 0 Å². The van der Waals surface area contributed by atoms with Crippen LogP contribution in [0.5, 0.6) is 0 Å². The minimum Gasteiger partial charge on any atom is -0.382 e. The van der Waals surface area contributed by atoms with Gasteiger partial charge in [0.25, 0.3) is 0 Å². The molecule has 2 heterocycles. The maximum absolute atomic E-state index is 8.38. The topological polar surface area (TPSA) is 55.0 Å². The van der Waals surface area contributed by atoms with Gasteiger partial charge in [0.15, 0.2) is 0 Å². The third-order valence-electron chi connectivity index (χ3n) is 1.40. The molecule has 14 heavy (non-hydrogen) atoms. The Bertz CT molecular complexity index is 804. The Hall–Kier alpha value is -1.32. The molecular formula is C10H16N4. The summed E-state index contributed by atoms with van der Waals surface area (Å²) in [6.45, 7) is -7.43. The van der Waals surface area contributed by atoms with Crippen LogP contribution in [0.2, 0.25) is 0 Å². The van der Waals surface area contributed by atoms with Gasteiger partial charge in [-0.05, 0) is 26.0 Å². The third kappa shape index (κ3) is 1.78. The minimum atomic E-state index is -3.84. The molecule has 0 saturated carbocycles. The summed E-state index contributed by atoms with van der Waals surface area (Å²) in [5.74, 6) is -1.71. The Morgan fingerprint density at radius 3 is 3.50 bits per heavy atom. The lowest BCUT2D eigenvalue weighted by atomic mass is 10.0. The summed E-state index contributed by atoms with van der Waals surface area (Å²) in [5.41, 5.74) is 5.33. The van der Waals surface area contributed by atoms with Crippen molar-refractivity contribution >= 4 is 11.6 Å². The van der Waals surface area contributed by atoms with Gasteiger partial charge in [-0.3, -0.25) is 0 Å². The van der Waals surface area contributed by atoms with Gasteiger partial charge in [-0.25, -0.2) is 9.97 Å². The Balaban J connectivity index is 3.04. The molecule has 2 N–H and O–H groups in total. The molecule has 1 unspecified atom stereocenters. The van der Waals surface area contributed by atoms with E-state index in [1.807, 2.05) is 0 Å². The van der Waals surface area contributed by atoms with E-state index in [9.17, 15) is 0 Å². The zero-order chi connectivity index (χ0) is 22.3. The maximum atomic E-state index is 8.38. The molecule has 1 atom stereocenters. The van der Waals surface area contributed by atoms with Gasteiger partial charge >= 0.3 is 0 Å².